The molecular weight excluding hydrogens is 275 g/mol. The Morgan fingerprint density at radius 3 is 2.55 bits per heavy atom. The zero-order chi connectivity index (χ0) is 14.8. The van der Waals surface area contributed by atoms with Gasteiger partial charge in [0, 0.05) is 12.5 Å². The lowest BCUT2D eigenvalue weighted by Crippen LogP contribution is -2.28. The highest BCUT2D eigenvalue weighted by molar-refractivity contribution is 5.82. The molecule has 1 fully saturated rings. The molecule has 1 aromatic carbocycles. The van der Waals surface area contributed by atoms with Crippen molar-refractivity contribution in [2.75, 3.05) is 13.2 Å². The van der Waals surface area contributed by atoms with Gasteiger partial charge in [0.15, 0.2) is 0 Å². The molecule has 20 heavy (non-hydrogen) atoms. The summed E-state index contributed by atoms with van der Waals surface area (Å²) in [5.41, 5.74) is 0.809. The molecule has 2 unspecified atom stereocenters. The molecule has 1 saturated carbocycles. The van der Waals surface area contributed by atoms with Crippen LogP contribution in [-0.2, 0) is 4.79 Å². The van der Waals surface area contributed by atoms with Gasteiger partial charge in [0.25, 0.3) is 0 Å². The smallest absolute Gasteiger partial charge is 0.406 e. The van der Waals surface area contributed by atoms with Gasteiger partial charge in [-0.15, -0.1) is 13.2 Å². The summed E-state index contributed by atoms with van der Waals surface area (Å²) in [6, 6.07) is 5.55. The lowest BCUT2D eigenvalue weighted by atomic mass is 10.1. The van der Waals surface area contributed by atoms with E-state index >= 15 is 0 Å². The van der Waals surface area contributed by atoms with E-state index in [2.05, 4.69) is 10.1 Å². The minimum absolute atomic E-state index is 0.0219. The molecule has 2 N–H and O–H groups in total. The van der Waals surface area contributed by atoms with Gasteiger partial charge < -0.3 is 15.2 Å². The molecule has 1 aromatic rings. The van der Waals surface area contributed by atoms with Gasteiger partial charge in [0.05, 0.1) is 6.61 Å². The summed E-state index contributed by atoms with van der Waals surface area (Å²) in [5, 5.41) is 11.2. The van der Waals surface area contributed by atoms with Crippen molar-refractivity contribution in [1.29, 1.82) is 0 Å². The zero-order valence-corrected chi connectivity index (χ0v) is 10.5. The van der Waals surface area contributed by atoms with Crippen LogP contribution in [0.15, 0.2) is 24.3 Å². The number of hydrogen-bond donors (Lipinski definition) is 2. The molecule has 7 heteroatoms. The topological polar surface area (TPSA) is 58.6 Å². The van der Waals surface area contributed by atoms with Crippen LogP contribution in [0.3, 0.4) is 0 Å². The molecule has 0 radical (unpaired) electrons. The second-order valence-electron chi connectivity index (χ2n) is 4.58. The molecule has 0 saturated heterocycles. The quantitative estimate of drug-likeness (QED) is 0.869. The SMILES string of the molecule is O=C(NCCO)C1CC1c1ccc(OC(F)(F)F)cc1. The summed E-state index contributed by atoms with van der Waals surface area (Å²) < 4.78 is 39.8. The molecule has 0 aromatic heterocycles. The van der Waals surface area contributed by atoms with E-state index in [-0.39, 0.29) is 36.6 Å². The maximum Gasteiger partial charge on any atom is 0.573 e. The summed E-state index contributed by atoms with van der Waals surface area (Å²) in [5.74, 6) is -0.563. The lowest BCUT2D eigenvalue weighted by molar-refractivity contribution is -0.274. The molecule has 0 spiro atoms. The third-order valence-corrected chi connectivity index (χ3v) is 3.08. The first-order valence-corrected chi connectivity index (χ1v) is 6.15. The van der Waals surface area contributed by atoms with Gasteiger partial charge in [0.2, 0.25) is 5.91 Å². The molecule has 0 heterocycles. The monoisotopic (exact) mass is 289 g/mol. The van der Waals surface area contributed by atoms with Crippen molar-refractivity contribution in [2.45, 2.75) is 18.7 Å². The molecule has 2 rings (SSSR count). The molecule has 110 valence electrons. The van der Waals surface area contributed by atoms with Gasteiger partial charge in [-0.3, -0.25) is 4.79 Å². The van der Waals surface area contributed by atoms with Crippen LogP contribution in [0.2, 0.25) is 0 Å². The first-order chi connectivity index (χ1) is 9.40. The van der Waals surface area contributed by atoms with Gasteiger partial charge in [0.1, 0.15) is 5.75 Å². The van der Waals surface area contributed by atoms with Gasteiger partial charge in [-0.2, -0.15) is 0 Å². The number of alkyl halides is 3. The van der Waals surface area contributed by atoms with E-state index in [1.54, 1.807) is 0 Å². The van der Waals surface area contributed by atoms with Gasteiger partial charge in [-0.05, 0) is 30.0 Å². The number of rotatable bonds is 5. The van der Waals surface area contributed by atoms with Crippen LogP contribution in [-0.4, -0.2) is 30.5 Å². The Morgan fingerprint density at radius 1 is 1.35 bits per heavy atom. The summed E-state index contributed by atoms with van der Waals surface area (Å²) in [6.45, 7) is 0.0903. The zero-order valence-electron chi connectivity index (χ0n) is 10.5. The van der Waals surface area contributed by atoms with Crippen molar-refractivity contribution >= 4 is 5.91 Å². The number of halogens is 3. The molecule has 4 nitrogen and oxygen atoms in total. The molecular formula is C13H14F3NO3. The Bertz CT molecular complexity index is 473. The fraction of sp³-hybridized carbons (Fsp3) is 0.462. The molecule has 2 atom stereocenters. The van der Waals surface area contributed by atoms with Crippen molar-refractivity contribution < 1.29 is 27.8 Å². The number of hydrogen-bond acceptors (Lipinski definition) is 3. The minimum atomic E-state index is -4.70. The van der Waals surface area contributed by atoms with Crippen molar-refractivity contribution in [1.82, 2.24) is 5.32 Å². The Labute approximate surface area is 113 Å². The highest BCUT2D eigenvalue weighted by Gasteiger charge is 2.43. The van der Waals surface area contributed by atoms with Gasteiger partial charge >= 0.3 is 6.36 Å². The Morgan fingerprint density at radius 2 is 2.00 bits per heavy atom. The standard InChI is InChI=1S/C13H14F3NO3/c14-13(15,16)20-9-3-1-8(2-4-9)10-7-11(10)12(19)17-5-6-18/h1-4,10-11,18H,5-7H2,(H,17,19). The highest BCUT2D eigenvalue weighted by Crippen LogP contribution is 2.47. The molecule has 1 amide bonds. The van der Waals surface area contributed by atoms with E-state index in [9.17, 15) is 18.0 Å². The van der Waals surface area contributed by atoms with Crippen LogP contribution in [0.1, 0.15) is 17.9 Å². The molecule has 0 aliphatic heterocycles. The number of carbonyl (C=O) groups excluding carboxylic acids is 1. The average molecular weight is 289 g/mol. The predicted octanol–water partition coefficient (Wildman–Crippen LogP) is 1.80. The number of nitrogens with one attached hydrogen (secondary N) is 1. The second kappa shape index (κ2) is 5.70. The van der Waals surface area contributed by atoms with E-state index in [0.717, 1.165) is 5.56 Å². The van der Waals surface area contributed by atoms with Crippen molar-refractivity contribution in [2.24, 2.45) is 5.92 Å². The fourth-order valence-corrected chi connectivity index (χ4v) is 2.08. The van der Waals surface area contributed by atoms with E-state index in [1.165, 1.54) is 24.3 Å². The number of ether oxygens (including phenoxy) is 1. The Kier molecular flexibility index (Phi) is 4.17. The third kappa shape index (κ3) is 3.86. The first-order valence-electron chi connectivity index (χ1n) is 6.15. The molecule has 1 aliphatic rings. The predicted molar refractivity (Wildman–Crippen MR) is 64.1 cm³/mol. The third-order valence-electron chi connectivity index (χ3n) is 3.08. The van der Waals surface area contributed by atoms with Crippen LogP contribution in [0.4, 0.5) is 13.2 Å². The van der Waals surface area contributed by atoms with E-state index in [1.807, 2.05) is 0 Å². The Balaban J connectivity index is 1.91. The summed E-state index contributed by atoms with van der Waals surface area (Å²) in [6.07, 6.45) is -4.04. The van der Waals surface area contributed by atoms with Crippen LogP contribution < -0.4 is 10.1 Å². The normalized spacial score (nSPS) is 21.4. The maximum atomic E-state index is 12.0. The molecule has 1 aliphatic carbocycles. The van der Waals surface area contributed by atoms with Gasteiger partial charge in [-0.1, -0.05) is 12.1 Å². The minimum Gasteiger partial charge on any atom is -0.406 e. The van der Waals surface area contributed by atoms with Gasteiger partial charge in [-0.25, -0.2) is 0 Å². The number of benzene rings is 1. The maximum absolute atomic E-state index is 12.0. The number of carbonyl (C=O) groups is 1. The van der Waals surface area contributed by atoms with Crippen LogP contribution in [0.5, 0.6) is 5.75 Å². The van der Waals surface area contributed by atoms with E-state index < -0.39 is 6.36 Å². The number of aliphatic hydroxyl groups is 1. The second-order valence-corrected chi connectivity index (χ2v) is 4.58. The Hall–Kier alpha value is -1.76. The van der Waals surface area contributed by atoms with Crippen molar-refractivity contribution in [3.05, 3.63) is 29.8 Å². The van der Waals surface area contributed by atoms with Crippen LogP contribution in [0.25, 0.3) is 0 Å². The number of aliphatic hydroxyl groups excluding tert-OH is 1. The number of amides is 1. The fourth-order valence-electron chi connectivity index (χ4n) is 2.08. The summed E-state index contributed by atoms with van der Waals surface area (Å²) in [7, 11) is 0. The first kappa shape index (κ1) is 14.6. The largest absolute Gasteiger partial charge is 0.573 e. The van der Waals surface area contributed by atoms with Crippen molar-refractivity contribution in [3.63, 3.8) is 0 Å². The summed E-state index contributed by atoms with van der Waals surface area (Å²) >= 11 is 0. The summed E-state index contributed by atoms with van der Waals surface area (Å²) in [4.78, 5) is 11.6. The highest BCUT2D eigenvalue weighted by atomic mass is 19.4. The lowest BCUT2D eigenvalue weighted by Gasteiger charge is -2.09. The average Bonchev–Trinajstić information content (AvgIpc) is 3.15. The van der Waals surface area contributed by atoms with Crippen LogP contribution in [0, 0.1) is 5.92 Å². The van der Waals surface area contributed by atoms with E-state index in [0.29, 0.717) is 6.42 Å². The van der Waals surface area contributed by atoms with E-state index in [4.69, 9.17) is 5.11 Å². The van der Waals surface area contributed by atoms with Crippen molar-refractivity contribution in [3.8, 4) is 5.75 Å². The van der Waals surface area contributed by atoms with Crippen LogP contribution >= 0.6 is 0 Å². The molecule has 0 bridgehead atoms.